The molecule has 1 unspecified atom stereocenters. The lowest BCUT2D eigenvalue weighted by atomic mass is 9.97. The minimum atomic E-state index is -2.80. The molecule has 30 heavy (non-hydrogen) atoms. The van der Waals surface area contributed by atoms with E-state index in [1.807, 2.05) is 0 Å². The van der Waals surface area contributed by atoms with Crippen molar-refractivity contribution < 1.29 is 27.5 Å². The zero-order valence-corrected chi connectivity index (χ0v) is 16.3. The topological polar surface area (TPSA) is 77.6 Å². The first-order valence-corrected chi connectivity index (χ1v) is 9.74. The highest BCUT2D eigenvalue weighted by molar-refractivity contribution is 5.91. The van der Waals surface area contributed by atoms with Gasteiger partial charge in [-0.05, 0) is 44.0 Å². The highest BCUT2D eigenvalue weighted by atomic mass is 19.3. The number of amides is 1. The minimum absolute atomic E-state index is 0.00461. The second kappa shape index (κ2) is 8.25. The number of hydrogen-bond acceptors (Lipinski definition) is 5. The fraction of sp³-hybridized carbons (Fsp3) is 0.381. The molecule has 0 aliphatic carbocycles. The Hall–Kier alpha value is -3.23. The number of nitrogens with zero attached hydrogens (tertiary/aromatic N) is 3. The number of ether oxygens (including phenoxy) is 1. The molecular weight excluding hydrogens is 396 g/mol. The summed E-state index contributed by atoms with van der Waals surface area (Å²) >= 11 is 0. The molecule has 158 valence electrons. The average molecular weight is 417 g/mol. The number of halogens is 2. The molecular formula is C21H21F2N3O4. The number of alkyl halides is 2. The summed E-state index contributed by atoms with van der Waals surface area (Å²) in [6, 6.07) is 9.80. The molecule has 1 aromatic carbocycles. The second-order valence-corrected chi connectivity index (χ2v) is 7.23. The molecule has 1 saturated heterocycles. The Bertz CT molecular complexity index is 1040. The molecule has 2 aromatic heterocycles. The largest absolute Gasteiger partial charge is 0.459 e. The molecule has 1 aliphatic rings. The van der Waals surface area contributed by atoms with E-state index in [4.69, 9.17) is 9.15 Å². The van der Waals surface area contributed by atoms with Crippen molar-refractivity contribution in [3.8, 4) is 0 Å². The SMILES string of the molecule is CC(OC(=O)C1CCN(C(=O)c2ccco2)CC1)c1nc2ccccc2n1C(F)F. The monoisotopic (exact) mass is 417 g/mol. The number of carbonyl (C=O) groups is 2. The van der Waals surface area contributed by atoms with Crippen molar-refractivity contribution in [2.24, 2.45) is 5.92 Å². The van der Waals surface area contributed by atoms with Crippen molar-refractivity contribution in [3.05, 3.63) is 54.2 Å². The fourth-order valence-corrected chi connectivity index (χ4v) is 3.75. The Labute approximate surface area is 171 Å². The van der Waals surface area contributed by atoms with Gasteiger partial charge in [-0.25, -0.2) is 4.98 Å². The van der Waals surface area contributed by atoms with E-state index in [-0.39, 0.29) is 23.0 Å². The normalized spacial score (nSPS) is 16.2. The lowest BCUT2D eigenvalue weighted by Gasteiger charge is -2.30. The molecule has 0 spiro atoms. The number of carbonyl (C=O) groups excluding carboxylic acids is 2. The maximum atomic E-state index is 13.6. The van der Waals surface area contributed by atoms with Gasteiger partial charge in [-0.1, -0.05) is 12.1 Å². The summed E-state index contributed by atoms with van der Waals surface area (Å²) in [6.07, 6.45) is 1.37. The Kier molecular flexibility index (Phi) is 5.52. The number of benzene rings is 1. The number of likely N-dealkylation sites (tertiary alicyclic amines) is 1. The van der Waals surface area contributed by atoms with Crippen LogP contribution in [0.2, 0.25) is 0 Å². The second-order valence-electron chi connectivity index (χ2n) is 7.23. The molecule has 0 radical (unpaired) electrons. The van der Waals surface area contributed by atoms with Crippen LogP contribution in [-0.4, -0.2) is 39.4 Å². The summed E-state index contributed by atoms with van der Waals surface area (Å²) in [7, 11) is 0. The van der Waals surface area contributed by atoms with E-state index in [1.54, 1.807) is 41.3 Å². The molecule has 0 N–H and O–H groups in total. The van der Waals surface area contributed by atoms with Crippen LogP contribution < -0.4 is 0 Å². The van der Waals surface area contributed by atoms with Gasteiger partial charge in [-0.15, -0.1) is 0 Å². The number of para-hydroxylation sites is 2. The third-order valence-electron chi connectivity index (χ3n) is 5.32. The minimum Gasteiger partial charge on any atom is -0.459 e. The molecule has 7 nitrogen and oxygen atoms in total. The van der Waals surface area contributed by atoms with E-state index in [1.165, 1.54) is 13.2 Å². The number of hydrogen-bond donors (Lipinski definition) is 0. The van der Waals surface area contributed by atoms with Gasteiger partial charge in [0.2, 0.25) is 0 Å². The van der Waals surface area contributed by atoms with Gasteiger partial charge < -0.3 is 14.1 Å². The van der Waals surface area contributed by atoms with Gasteiger partial charge in [0.05, 0.1) is 23.2 Å². The first-order chi connectivity index (χ1) is 14.5. The molecule has 9 heteroatoms. The quantitative estimate of drug-likeness (QED) is 0.582. The predicted molar refractivity (Wildman–Crippen MR) is 103 cm³/mol. The van der Waals surface area contributed by atoms with E-state index < -0.39 is 24.5 Å². The molecule has 1 fully saturated rings. The fourth-order valence-electron chi connectivity index (χ4n) is 3.75. The molecule has 3 heterocycles. The zero-order valence-electron chi connectivity index (χ0n) is 16.3. The molecule has 1 atom stereocenters. The summed E-state index contributed by atoms with van der Waals surface area (Å²) in [6.45, 7) is -0.482. The van der Waals surface area contributed by atoms with Crippen LogP contribution >= 0.6 is 0 Å². The van der Waals surface area contributed by atoms with Gasteiger partial charge >= 0.3 is 12.5 Å². The van der Waals surface area contributed by atoms with Crippen LogP contribution in [0.25, 0.3) is 11.0 Å². The number of furan rings is 1. The number of imidazole rings is 1. The third-order valence-corrected chi connectivity index (χ3v) is 5.32. The molecule has 1 amide bonds. The van der Waals surface area contributed by atoms with E-state index >= 15 is 0 Å². The van der Waals surface area contributed by atoms with Gasteiger partial charge in [-0.3, -0.25) is 14.2 Å². The predicted octanol–water partition coefficient (Wildman–Crippen LogP) is 4.18. The smallest absolute Gasteiger partial charge is 0.320 e. The molecule has 1 aliphatic heterocycles. The summed E-state index contributed by atoms with van der Waals surface area (Å²) in [5.41, 5.74) is 0.704. The number of rotatable bonds is 5. The van der Waals surface area contributed by atoms with E-state index in [0.717, 1.165) is 4.57 Å². The van der Waals surface area contributed by atoms with Gasteiger partial charge in [0.15, 0.2) is 17.7 Å². The van der Waals surface area contributed by atoms with Crippen molar-refractivity contribution in [2.45, 2.75) is 32.4 Å². The van der Waals surface area contributed by atoms with Crippen LogP contribution in [0.15, 0.2) is 47.1 Å². The number of esters is 1. The van der Waals surface area contributed by atoms with Gasteiger partial charge in [0, 0.05) is 13.1 Å². The molecule has 0 saturated carbocycles. The van der Waals surface area contributed by atoms with Crippen molar-refractivity contribution in [1.82, 2.24) is 14.5 Å². The summed E-state index contributed by atoms with van der Waals surface area (Å²) in [5.74, 6) is -0.829. The van der Waals surface area contributed by atoms with Crippen molar-refractivity contribution >= 4 is 22.9 Å². The van der Waals surface area contributed by atoms with Crippen LogP contribution in [0.4, 0.5) is 8.78 Å². The maximum absolute atomic E-state index is 13.6. The highest BCUT2D eigenvalue weighted by Crippen LogP contribution is 2.29. The van der Waals surface area contributed by atoms with Gasteiger partial charge in [0.25, 0.3) is 5.91 Å². The Morgan fingerprint density at radius 1 is 1.17 bits per heavy atom. The van der Waals surface area contributed by atoms with E-state index in [0.29, 0.717) is 31.4 Å². The molecule has 0 bridgehead atoms. The van der Waals surface area contributed by atoms with Crippen molar-refractivity contribution in [1.29, 1.82) is 0 Å². The number of piperidine rings is 1. The lowest BCUT2D eigenvalue weighted by Crippen LogP contribution is -2.40. The van der Waals surface area contributed by atoms with Crippen LogP contribution in [0.3, 0.4) is 0 Å². The molecule has 3 aromatic rings. The van der Waals surface area contributed by atoms with Crippen LogP contribution in [0.1, 0.15) is 48.8 Å². The molecule has 4 rings (SSSR count). The Morgan fingerprint density at radius 3 is 2.57 bits per heavy atom. The summed E-state index contributed by atoms with van der Waals surface area (Å²) in [5, 5.41) is 0. The van der Waals surface area contributed by atoms with Crippen LogP contribution in [0.5, 0.6) is 0 Å². The van der Waals surface area contributed by atoms with E-state index in [9.17, 15) is 18.4 Å². The van der Waals surface area contributed by atoms with E-state index in [2.05, 4.69) is 4.98 Å². The highest BCUT2D eigenvalue weighted by Gasteiger charge is 2.32. The summed E-state index contributed by atoms with van der Waals surface area (Å²) in [4.78, 5) is 30.8. The van der Waals surface area contributed by atoms with Crippen LogP contribution in [-0.2, 0) is 9.53 Å². The van der Waals surface area contributed by atoms with Gasteiger partial charge in [0.1, 0.15) is 0 Å². The van der Waals surface area contributed by atoms with Gasteiger partial charge in [-0.2, -0.15) is 8.78 Å². The lowest BCUT2D eigenvalue weighted by molar-refractivity contribution is -0.155. The Balaban J connectivity index is 1.41. The van der Waals surface area contributed by atoms with Crippen molar-refractivity contribution in [2.75, 3.05) is 13.1 Å². The standard InChI is InChI=1S/C21H21F2N3O4/c1-13(18-24-15-5-2-3-6-16(15)26(18)21(22)23)30-20(28)14-8-10-25(11-9-14)19(27)17-7-4-12-29-17/h2-7,12-14,21H,8-11H2,1H3. The Morgan fingerprint density at radius 2 is 1.90 bits per heavy atom. The van der Waals surface area contributed by atoms with Crippen molar-refractivity contribution in [3.63, 3.8) is 0 Å². The first kappa shape index (κ1) is 20.1. The zero-order chi connectivity index (χ0) is 21.3. The average Bonchev–Trinajstić information content (AvgIpc) is 3.41. The number of fused-ring (bicyclic) bond motifs is 1. The third kappa shape index (κ3) is 3.79. The summed E-state index contributed by atoms with van der Waals surface area (Å²) < 4.78 is 38.6. The first-order valence-electron chi connectivity index (χ1n) is 9.74. The number of aromatic nitrogens is 2. The van der Waals surface area contributed by atoms with Crippen LogP contribution in [0, 0.1) is 5.92 Å². The maximum Gasteiger partial charge on any atom is 0.320 e.